The highest BCUT2D eigenvalue weighted by Crippen LogP contribution is 2.31. The standard InChI is InChI=1S/C19H28ClN3O5S/c1-27-17-5-4-16(20)13-18(17)29(25,26)23-7-2-3-15(14-23)19(24)21-6-8-22-9-11-28-12-10-22/h4-5,13,15H,2-3,6-12,14H2,1H3,(H,21,24)/t15-/m1/s1. The average Bonchev–Trinajstić information content (AvgIpc) is 2.74. The van der Waals surface area contributed by atoms with Crippen molar-refractivity contribution in [3.8, 4) is 5.75 Å². The van der Waals surface area contributed by atoms with Crippen LogP contribution >= 0.6 is 11.6 Å². The second-order valence-electron chi connectivity index (χ2n) is 7.24. The smallest absolute Gasteiger partial charge is 0.246 e. The van der Waals surface area contributed by atoms with Crippen molar-refractivity contribution in [1.29, 1.82) is 0 Å². The lowest BCUT2D eigenvalue weighted by Crippen LogP contribution is -2.47. The van der Waals surface area contributed by atoms with Crippen molar-refractivity contribution in [2.75, 3.05) is 59.6 Å². The Bertz CT molecular complexity index is 814. The van der Waals surface area contributed by atoms with E-state index in [0.717, 1.165) is 32.8 Å². The van der Waals surface area contributed by atoms with Gasteiger partial charge in [0.25, 0.3) is 0 Å². The number of hydrogen-bond donors (Lipinski definition) is 1. The number of piperidine rings is 1. The van der Waals surface area contributed by atoms with Gasteiger partial charge in [-0.15, -0.1) is 0 Å². The molecule has 0 aromatic heterocycles. The molecule has 0 aliphatic carbocycles. The normalized spacial score (nSPS) is 21.7. The predicted octanol–water partition coefficient (Wildman–Crippen LogP) is 1.20. The highest BCUT2D eigenvalue weighted by Gasteiger charge is 2.35. The first-order valence-corrected chi connectivity index (χ1v) is 11.6. The second-order valence-corrected chi connectivity index (χ2v) is 9.59. The Kier molecular flexibility index (Phi) is 7.75. The molecule has 162 valence electrons. The van der Waals surface area contributed by atoms with Gasteiger partial charge in [-0.25, -0.2) is 8.42 Å². The molecule has 1 atom stereocenters. The predicted molar refractivity (Wildman–Crippen MR) is 110 cm³/mol. The van der Waals surface area contributed by atoms with Crippen molar-refractivity contribution in [2.45, 2.75) is 17.7 Å². The van der Waals surface area contributed by atoms with E-state index in [4.69, 9.17) is 21.1 Å². The molecule has 2 heterocycles. The number of rotatable bonds is 7. The van der Waals surface area contributed by atoms with Gasteiger partial charge in [0.2, 0.25) is 15.9 Å². The zero-order chi connectivity index (χ0) is 20.9. The number of benzene rings is 1. The minimum Gasteiger partial charge on any atom is -0.495 e. The molecule has 0 bridgehead atoms. The topological polar surface area (TPSA) is 88.2 Å². The van der Waals surface area contributed by atoms with Crippen LogP contribution in [0, 0.1) is 5.92 Å². The molecule has 3 rings (SSSR count). The fraction of sp³-hybridized carbons (Fsp3) is 0.632. The van der Waals surface area contributed by atoms with Gasteiger partial charge in [0.05, 0.1) is 26.2 Å². The summed E-state index contributed by atoms with van der Waals surface area (Å²) in [4.78, 5) is 14.9. The maximum atomic E-state index is 13.1. The van der Waals surface area contributed by atoms with E-state index in [1.807, 2.05) is 0 Å². The van der Waals surface area contributed by atoms with Crippen LogP contribution in [0.1, 0.15) is 12.8 Å². The van der Waals surface area contributed by atoms with Crippen LogP contribution < -0.4 is 10.1 Å². The van der Waals surface area contributed by atoms with Gasteiger partial charge in [-0.1, -0.05) is 11.6 Å². The zero-order valence-corrected chi connectivity index (χ0v) is 18.2. The van der Waals surface area contributed by atoms with Crippen LogP contribution in [0.2, 0.25) is 5.02 Å². The first kappa shape index (κ1) is 22.3. The fourth-order valence-electron chi connectivity index (χ4n) is 3.67. The van der Waals surface area contributed by atoms with Gasteiger partial charge in [-0.2, -0.15) is 4.31 Å². The summed E-state index contributed by atoms with van der Waals surface area (Å²) in [6.07, 6.45) is 1.30. The van der Waals surface area contributed by atoms with E-state index >= 15 is 0 Å². The number of methoxy groups -OCH3 is 1. The summed E-state index contributed by atoms with van der Waals surface area (Å²) in [7, 11) is -2.39. The van der Waals surface area contributed by atoms with E-state index in [1.165, 1.54) is 23.5 Å². The number of halogens is 1. The van der Waals surface area contributed by atoms with Crippen LogP contribution in [0.3, 0.4) is 0 Å². The Morgan fingerprint density at radius 2 is 2.07 bits per heavy atom. The third kappa shape index (κ3) is 5.61. The molecule has 10 heteroatoms. The number of morpholine rings is 1. The quantitative estimate of drug-likeness (QED) is 0.678. The van der Waals surface area contributed by atoms with Crippen LogP contribution in [0.25, 0.3) is 0 Å². The molecule has 2 aliphatic heterocycles. The first-order chi connectivity index (χ1) is 13.9. The fourth-order valence-corrected chi connectivity index (χ4v) is 5.61. The van der Waals surface area contributed by atoms with E-state index in [-0.39, 0.29) is 29.0 Å². The number of nitrogens with one attached hydrogen (secondary N) is 1. The van der Waals surface area contributed by atoms with E-state index in [1.54, 1.807) is 6.07 Å². The number of carbonyl (C=O) groups excluding carboxylic acids is 1. The SMILES string of the molecule is COc1ccc(Cl)cc1S(=O)(=O)N1CCC[C@@H](C(=O)NCCN2CCOCC2)C1. The maximum Gasteiger partial charge on any atom is 0.246 e. The number of nitrogens with zero attached hydrogens (tertiary/aromatic N) is 2. The maximum absolute atomic E-state index is 13.1. The summed E-state index contributed by atoms with van der Waals surface area (Å²) in [6.45, 7) is 5.01. The third-order valence-corrected chi connectivity index (χ3v) is 7.45. The molecule has 29 heavy (non-hydrogen) atoms. The molecule has 0 radical (unpaired) electrons. The van der Waals surface area contributed by atoms with E-state index in [0.29, 0.717) is 31.0 Å². The molecule has 1 aromatic rings. The molecule has 0 saturated carbocycles. The Balaban J connectivity index is 1.60. The summed E-state index contributed by atoms with van der Waals surface area (Å²) in [5.41, 5.74) is 0. The van der Waals surface area contributed by atoms with Crippen molar-refractivity contribution >= 4 is 27.5 Å². The first-order valence-electron chi connectivity index (χ1n) is 9.83. The minimum atomic E-state index is -3.81. The molecule has 1 N–H and O–H groups in total. The lowest BCUT2D eigenvalue weighted by atomic mass is 9.99. The van der Waals surface area contributed by atoms with Gasteiger partial charge >= 0.3 is 0 Å². The van der Waals surface area contributed by atoms with Crippen molar-refractivity contribution in [1.82, 2.24) is 14.5 Å². The lowest BCUT2D eigenvalue weighted by Gasteiger charge is -2.32. The minimum absolute atomic E-state index is 0.0286. The van der Waals surface area contributed by atoms with Crippen molar-refractivity contribution in [3.05, 3.63) is 23.2 Å². The Morgan fingerprint density at radius 1 is 1.31 bits per heavy atom. The summed E-state index contributed by atoms with van der Waals surface area (Å²) in [5.74, 6) is -0.226. The number of hydrogen-bond acceptors (Lipinski definition) is 6. The van der Waals surface area contributed by atoms with Crippen LogP contribution in [-0.4, -0.2) is 83.1 Å². The summed E-state index contributed by atoms with van der Waals surface area (Å²) < 4.78 is 38.2. The van der Waals surface area contributed by atoms with Gasteiger partial charge < -0.3 is 14.8 Å². The summed E-state index contributed by atoms with van der Waals surface area (Å²) in [5, 5.41) is 3.27. The van der Waals surface area contributed by atoms with Crippen molar-refractivity contribution in [2.24, 2.45) is 5.92 Å². The lowest BCUT2D eigenvalue weighted by molar-refractivity contribution is -0.126. The molecule has 8 nitrogen and oxygen atoms in total. The Morgan fingerprint density at radius 3 is 2.79 bits per heavy atom. The molecule has 2 fully saturated rings. The molecular formula is C19H28ClN3O5S. The summed E-state index contributed by atoms with van der Waals surface area (Å²) in [6, 6.07) is 4.51. The van der Waals surface area contributed by atoms with Crippen molar-refractivity contribution in [3.63, 3.8) is 0 Å². The Hall–Kier alpha value is -1.39. The van der Waals surface area contributed by atoms with Gasteiger partial charge in [0.1, 0.15) is 10.6 Å². The highest BCUT2D eigenvalue weighted by molar-refractivity contribution is 7.89. The molecule has 2 saturated heterocycles. The third-order valence-electron chi connectivity index (χ3n) is 5.33. The number of carbonyl (C=O) groups is 1. The molecule has 2 aliphatic rings. The van der Waals surface area contributed by atoms with Crippen molar-refractivity contribution < 1.29 is 22.7 Å². The van der Waals surface area contributed by atoms with E-state index < -0.39 is 10.0 Å². The van der Waals surface area contributed by atoms with E-state index in [2.05, 4.69) is 10.2 Å². The largest absolute Gasteiger partial charge is 0.495 e. The zero-order valence-electron chi connectivity index (χ0n) is 16.6. The van der Waals surface area contributed by atoms with E-state index in [9.17, 15) is 13.2 Å². The monoisotopic (exact) mass is 445 g/mol. The molecule has 0 unspecified atom stereocenters. The van der Waals surface area contributed by atoms with Crippen LogP contribution in [0.15, 0.2) is 23.1 Å². The Labute approximate surface area is 177 Å². The van der Waals surface area contributed by atoms with Gasteiger partial charge in [-0.05, 0) is 31.0 Å². The molecular weight excluding hydrogens is 418 g/mol. The van der Waals surface area contributed by atoms with Crippen LogP contribution in [0.4, 0.5) is 0 Å². The van der Waals surface area contributed by atoms with Gasteiger partial charge in [-0.3, -0.25) is 9.69 Å². The average molecular weight is 446 g/mol. The molecule has 1 aromatic carbocycles. The number of sulfonamides is 1. The van der Waals surface area contributed by atoms with Gasteiger partial charge in [0, 0.05) is 44.3 Å². The van der Waals surface area contributed by atoms with Gasteiger partial charge in [0.15, 0.2) is 0 Å². The van der Waals surface area contributed by atoms with Crippen LogP contribution in [0.5, 0.6) is 5.75 Å². The molecule has 1 amide bonds. The summed E-state index contributed by atoms with van der Waals surface area (Å²) >= 11 is 6.00. The number of amides is 1. The molecule has 0 spiro atoms. The number of ether oxygens (including phenoxy) is 2. The highest BCUT2D eigenvalue weighted by atomic mass is 35.5. The second kappa shape index (κ2) is 10.1. The van der Waals surface area contributed by atoms with Crippen LogP contribution in [-0.2, 0) is 19.6 Å².